The Morgan fingerprint density at radius 1 is 1.29 bits per heavy atom. The Balaban J connectivity index is 1.78. The van der Waals surface area contributed by atoms with Crippen molar-refractivity contribution < 1.29 is 41.0 Å². The fraction of sp³-hybridized carbons (Fsp3) is 0.435. The standard InChI is InChI=1S/C23H22F5N3O4/c1-10-15(12-4-5-13(24)16(25)18(12)34-3)19(35-22(10,2)23(26,27)28)21(33)31-14-7-9-29-17-11(14)6-8-30-20(17)32/h4-5,7,9-10,15,19H,6,8H2,1-3H3,(H,30,32)(H,29,31,33)/t10-,15-,19+,22+/m0/s1. The molecule has 1 fully saturated rings. The summed E-state index contributed by atoms with van der Waals surface area (Å²) in [5, 5.41) is 5.16. The van der Waals surface area contributed by atoms with Crippen molar-refractivity contribution in [3.05, 3.63) is 52.9 Å². The van der Waals surface area contributed by atoms with Crippen LogP contribution in [0.3, 0.4) is 0 Å². The Bertz CT molecular complexity index is 1190. The van der Waals surface area contributed by atoms with E-state index in [1.807, 2.05) is 0 Å². The first kappa shape index (κ1) is 24.8. The smallest absolute Gasteiger partial charge is 0.417 e. The molecule has 4 atom stereocenters. The number of hydrogen-bond donors (Lipinski definition) is 2. The Hall–Kier alpha value is -3.28. The molecule has 1 aromatic heterocycles. The summed E-state index contributed by atoms with van der Waals surface area (Å²) in [5.41, 5.74) is -2.19. The van der Waals surface area contributed by atoms with Gasteiger partial charge in [0, 0.05) is 41.4 Å². The van der Waals surface area contributed by atoms with Gasteiger partial charge in [-0.1, -0.05) is 13.0 Å². The Labute approximate surface area is 197 Å². The molecule has 0 spiro atoms. The molecule has 7 nitrogen and oxygen atoms in total. The minimum Gasteiger partial charge on any atom is -0.493 e. The number of pyridine rings is 1. The van der Waals surface area contributed by atoms with E-state index in [4.69, 9.17) is 9.47 Å². The predicted octanol–water partition coefficient (Wildman–Crippen LogP) is 3.73. The highest BCUT2D eigenvalue weighted by molar-refractivity contribution is 6.00. The molecule has 0 aliphatic carbocycles. The van der Waals surface area contributed by atoms with Crippen LogP contribution in [0, 0.1) is 17.6 Å². The number of rotatable bonds is 4. The number of aromatic nitrogens is 1. The maximum atomic E-state index is 14.5. The molecule has 2 aliphatic heterocycles. The van der Waals surface area contributed by atoms with Crippen LogP contribution in [-0.2, 0) is 16.0 Å². The summed E-state index contributed by atoms with van der Waals surface area (Å²) >= 11 is 0. The zero-order valence-corrected chi connectivity index (χ0v) is 18.9. The van der Waals surface area contributed by atoms with E-state index in [9.17, 15) is 31.5 Å². The zero-order valence-electron chi connectivity index (χ0n) is 18.9. The van der Waals surface area contributed by atoms with Crippen LogP contribution in [0.5, 0.6) is 5.75 Å². The van der Waals surface area contributed by atoms with Crippen LogP contribution in [0.4, 0.5) is 27.6 Å². The summed E-state index contributed by atoms with van der Waals surface area (Å²) in [7, 11) is 1.05. The number of methoxy groups -OCH3 is 1. The number of halogens is 5. The van der Waals surface area contributed by atoms with Gasteiger partial charge in [-0.25, -0.2) is 4.39 Å². The molecule has 4 rings (SSSR count). The fourth-order valence-corrected chi connectivity index (χ4v) is 4.69. The Morgan fingerprint density at radius 3 is 2.66 bits per heavy atom. The quantitative estimate of drug-likeness (QED) is 0.626. The van der Waals surface area contributed by atoms with Crippen molar-refractivity contribution in [2.45, 2.75) is 44.1 Å². The summed E-state index contributed by atoms with van der Waals surface area (Å²) in [6.07, 6.45) is -4.99. The molecule has 0 bridgehead atoms. The van der Waals surface area contributed by atoms with Crippen molar-refractivity contribution in [1.82, 2.24) is 10.3 Å². The third-order valence-electron chi connectivity index (χ3n) is 6.76. The minimum atomic E-state index is -4.88. The Kier molecular flexibility index (Phi) is 6.20. The monoisotopic (exact) mass is 499 g/mol. The van der Waals surface area contributed by atoms with Crippen LogP contribution >= 0.6 is 0 Å². The van der Waals surface area contributed by atoms with E-state index in [0.717, 1.165) is 26.2 Å². The van der Waals surface area contributed by atoms with Gasteiger partial charge < -0.3 is 20.1 Å². The van der Waals surface area contributed by atoms with E-state index in [1.54, 1.807) is 0 Å². The Morgan fingerprint density at radius 2 is 2.00 bits per heavy atom. The zero-order chi connectivity index (χ0) is 25.7. The predicted molar refractivity (Wildman–Crippen MR) is 113 cm³/mol. The SMILES string of the molecule is COc1c([C@H]2[C@H](C(=O)Nc3ccnc4c3CCNC4=O)O[C@@](C)(C(F)(F)F)[C@H]2C)ccc(F)c1F. The highest BCUT2D eigenvalue weighted by Gasteiger charge is 2.66. The van der Waals surface area contributed by atoms with Crippen LogP contribution in [0.2, 0.25) is 0 Å². The lowest BCUT2D eigenvalue weighted by Gasteiger charge is -2.32. The molecular weight excluding hydrogens is 477 g/mol. The third kappa shape index (κ3) is 3.99. The van der Waals surface area contributed by atoms with Crippen LogP contribution in [0.15, 0.2) is 24.4 Å². The molecule has 2 N–H and O–H groups in total. The van der Waals surface area contributed by atoms with Gasteiger partial charge in [0.25, 0.3) is 11.8 Å². The summed E-state index contributed by atoms with van der Waals surface area (Å²) in [6, 6.07) is 3.27. The second-order valence-corrected chi connectivity index (χ2v) is 8.62. The van der Waals surface area contributed by atoms with Crippen molar-refractivity contribution in [3.63, 3.8) is 0 Å². The lowest BCUT2D eigenvalue weighted by Crippen LogP contribution is -2.47. The summed E-state index contributed by atoms with van der Waals surface area (Å²) in [4.78, 5) is 29.4. The molecule has 3 heterocycles. The first-order chi connectivity index (χ1) is 16.4. The largest absolute Gasteiger partial charge is 0.493 e. The number of ether oxygens (including phenoxy) is 2. The van der Waals surface area contributed by atoms with Crippen LogP contribution in [0.1, 0.15) is 41.4 Å². The second-order valence-electron chi connectivity index (χ2n) is 8.62. The van der Waals surface area contributed by atoms with Crippen molar-refractivity contribution in [1.29, 1.82) is 0 Å². The molecule has 0 unspecified atom stereocenters. The molecule has 1 aromatic carbocycles. The minimum absolute atomic E-state index is 0.0914. The summed E-state index contributed by atoms with van der Waals surface area (Å²) in [5.74, 6) is -7.35. The molecule has 35 heavy (non-hydrogen) atoms. The lowest BCUT2D eigenvalue weighted by molar-refractivity contribution is -0.272. The molecule has 188 valence electrons. The van der Waals surface area contributed by atoms with Crippen LogP contribution < -0.4 is 15.4 Å². The van der Waals surface area contributed by atoms with Gasteiger partial charge in [-0.15, -0.1) is 0 Å². The van der Waals surface area contributed by atoms with Gasteiger partial charge in [-0.05, 0) is 25.5 Å². The maximum Gasteiger partial charge on any atom is 0.417 e. The number of benzene rings is 1. The highest BCUT2D eigenvalue weighted by atomic mass is 19.4. The van der Waals surface area contributed by atoms with E-state index < -0.39 is 58.9 Å². The van der Waals surface area contributed by atoms with Crippen molar-refractivity contribution in [2.75, 3.05) is 19.0 Å². The summed E-state index contributed by atoms with van der Waals surface area (Å²) < 4.78 is 80.8. The van der Waals surface area contributed by atoms with Crippen molar-refractivity contribution in [3.8, 4) is 5.75 Å². The number of fused-ring (bicyclic) bond motifs is 1. The van der Waals surface area contributed by atoms with Gasteiger partial charge in [0.2, 0.25) is 5.82 Å². The van der Waals surface area contributed by atoms with E-state index in [0.29, 0.717) is 12.0 Å². The molecule has 1 saturated heterocycles. The number of nitrogens with one attached hydrogen (secondary N) is 2. The average Bonchev–Trinajstić information content (AvgIpc) is 3.08. The third-order valence-corrected chi connectivity index (χ3v) is 6.76. The molecule has 2 amide bonds. The van der Waals surface area contributed by atoms with Gasteiger partial charge in [0.05, 0.1) is 7.11 Å². The van der Waals surface area contributed by atoms with Gasteiger partial charge >= 0.3 is 6.18 Å². The van der Waals surface area contributed by atoms with E-state index >= 15 is 0 Å². The number of alkyl halides is 3. The summed E-state index contributed by atoms with van der Waals surface area (Å²) in [6.45, 7) is 2.33. The number of anilines is 1. The molecule has 12 heteroatoms. The van der Waals surface area contributed by atoms with Gasteiger partial charge in [0.1, 0.15) is 11.8 Å². The molecule has 2 aliphatic rings. The van der Waals surface area contributed by atoms with Gasteiger partial charge in [0.15, 0.2) is 17.2 Å². The van der Waals surface area contributed by atoms with Gasteiger partial charge in [-0.3, -0.25) is 14.6 Å². The molecule has 0 saturated carbocycles. The first-order valence-electron chi connectivity index (χ1n) is 10.7. The number of nitrogens with zero attached hydrogens (tertiary/aromatic N) is 1. The topological polar surface area (TPSA) is 89.5 Å². The van der Waals surface area contributed by atoms with Crippen LogP contribution in [0.25, 0.3) is 0 Å². The normalized spacial score (nSPS) is 26.2. The van der Waals surface area contributed by atoms with E-state index in [1.165, 1.54) is 19.2 Å². The number of carbonyl (C=O) groups is 2. The van der Waals surface area contributed by atoms with Crippen molar-refractivity contribution >= 4 is 17.5 Å². The number of amides is 2. The molecule has 2 aromatic rings. The number of carbonyl (C=O) groups excluding carboxylic acids is 2. The fourth-order valence-electron chi connectivity index (χ4n) is 4.69. The number of hydrogen-bond acceptors (Lipinski definition) is 5. The molecular formula is C23H22F5N3O4. The second kappa shape index (κ2) is 8.74. The van der Waals surface area contributed by atoms with Crippen molar-refractivity contribution in [2.24, 2.45) is 5.92 Å². The van der Waals surface area contributed by atoms with Crippen LogP contribution in [-0.4, -0.2) is 48.3 Å². The maximum absolute atomic E-state index is 14.5. The highest BCUT2D eigenvalue weighted by Crippen LogP contribution is 2.55. The first-order valence-corrected chi connectivity index (χ1v) is 10.7. The average molecular weight is 499 g/mol. The van der Waals surface area contributed by atoms with Gasteiger partial charge in [-0.2, -0.15) is 17.6 Å². The van der Waals surface area contributed by atoms with E-state index in [2.05, 4.69) is 15.6 Å². The lowest BCUT2D eigenvalue weighted by atomic mass is 9.77. The van der Waals surface area contributed by atoms with E-state index in [-0.39, 0.29) is 23.5 Å². The molecule has 0 radical (unpaired) electrons.